The molecule has 1 aromatic heterocycles. The van der Waals surface area contributed by atoms with E-state index in [0.29, 0.717) is 22.2 Å². The zero-order valence-electron chi connectivity index (χ0n) is 13.1. The van der Waals surface area contributed by atoms with Crippen molar-refractivity contribution in [2.45, 2.75) is 0 Å². The number of hydrogen-bond donors (Lipinski definition) is 1. The van der Waals surface area contributed by atoms with Crippen molar-refractivity contribution in [3.63, 3.8) is 0 Å². The number of nitrogens with one attached hydrogen (secondary N) is 1. The Balaban J connectivity index is 1.74. The normalized spacial score (nSPS) is 10.7. The number of rotatable bonds is 5. The fourth-order valence-electron chi connectivity index (χ4n) is 2.36. The SMILES string of the molecule is COc1cccc(C(=O)COC(=O)c2[nH]c3ccc(Br)cc3c2Cl)c1. The van der Waals surface area contributed by atoms with E-state index in [-0.39, 0.29) is 23.1 Å². The summed E-state index contributed by atoms with van der Waals surface area (Å²) in [5.74, 6) is -0.461. The fraction of sp³-hybridized carbons (Fsp3) is 0.111. The van der Waals surface area contributed by atoms with Gasteiger partial charge in [0.25, 0.3) is 0 Å². The van der Waals surface area contributed by atoms with Crippen LogP contribution in [-0.4, -0.2) is 30.5 Å². The number of aromatic nitrogens is 1. The molecule has 7 heteroatoms. The first-order valence-electron chi connectivity index (χ1n) is 7.30. The number of fused-ring (bicyclic) bond motifs is 1. The van der Waals surface area contributed by atoms with Crippen molar-refractivity contribution in [2.75, 3.05) is 13.7 Å². The van der Waals surface area contributed by atoms with Crippen LogP contribution < -0.4 is 4.74 Å². The van der Waals surface area contributed by atoms with Crippen molar-refractivity contribution in [3.8, 4) is 5.75 Å². The van der Waals surface area contributed by atoms with E-state index in [1.165, 1.54) is 7.11 Å². The molecule has 3 aromatic rings. The first-order chi connectivity index (χ1) is 12.0. The van der Waals surface area contributed by atoms with Crippen molar-refractivity contribution in [3.05, 3.63) is 63.2 Å². The van der Waals surface area contributed by atoms with E-state index in [1.54, 1.807) is 36.4 Å². The van der Waals surface area contributed by atoms with Crippen LogP contribution in [-0.2, 0) is 4.74 Å². The molecule has 0 saturated carbocycles. The van der Waals surface area contributed by atoms with Gasteiger partial charge in [-0.1, -0.05) is 39.7 Å². The van der Waals surface area contributed by atoms with Crippen LogP contribution >= 0.6 is 27.5 Å². The Labute approximate surface area is 157 Å². The number of H-pyrrole nitrogens is 1. The Morgan fingerprint density at radius 2 is 2.00 bits per heavy atom. The van der Waals surface area contributed by atoms with Gasteiger partial charge in [0.2, 0.25) is 0 Å². The number of methoxy groups -OCH3 is 1. The van der Waals surface area contributed by atoms with Gasteiger partial charge in [0.1, 0.15) is 11.4 Å². The predicted molar refractivity (Wildman–Crippen MR) is 98.6 cm³/mol. The molecule has 3 rings (SSSR count). The molecular weight excluding hydrogens is 410 g/mol. The van der Waals surface area contributed by atoms with Crippen molar-refractivity contribution in [1.29, 1.82) is 0 Å². The molecular formula is C18H13BrClNO4. The van der Waals surface area contributed by atoms with Gasteiger partial charge in [-0.3, -0.25) is 4.79 Å². The highest BCUT2D eigenvalue weighted by atomic mass is 79.9. The van der Waals surface area contributed by atoms with Gasteiger partial charge in [0.15, 0.2) is 12.4 Å². The van der Waals surface area contributed by atoms with E-state index in [0.717, 1.165) is 4.47 Å². The molecule has 0 aliphatic heterocycles. The maximum absolute atomic E-state index is 12.3. The number of halogens is 2. The predicted octanol–water partition coefficient (Wildman–Crippen LogP) is 4.63. The summed E-state index contributed by atoms with van der Waals surface area (Å²) in [5, 5.41) is 0.956. The maximum atomic E-state index is 12.3. The first kappa shape index (κ1) is 17.5. The molecule has 0 saturated heterocycles. The van der Waals surface area contributed by atoms with Crippen molar-refractivity contribution < 1.29 is 19.1 Å². The molecule has 0 amide bonds. The van der Waals surface area contributed by atoms with Crippen LogP contribution in [0.5, 0.6) is 5.75 Å². The van der Waals surface area contributed by atoms with Crippen LogP contribution in [0, 0.1) is 0 Å². The van der Waals surface area contributed by atoms with Crippen LogP contribution in [0.2, 0.25) is 5.02 Å². The first-order valence-corrected chi connectivity index (χ1v) is 8.48. The van der Waals surface area contributed by atoms with E-state index in [1.807, 2.05) is 6.07 Å². The Kier molecular flexibility index (Phi) is 5.11. The number of ether oxygens (including phenoxy) is 2. The summed E-state index contributed by atoms with van der Waals surface area (Å²) in [4.78, 5) is 27.3. The molecule has 0 fully saturated rings. The minimum Gasteiger partial charge on any atom is -0.497 e. The lowest BCUT2D eigenvalue weighted by molar-refractivity contribution is 0.0470. The molecule has 25 heavy (non-hydrogen) atoms. The molecule has 1 N–H and O–H groups in total. The molecule has 0 radical (unpaired) electrons. The molecule has 5 nitrogen and oxygen atoms in total. The number of carbonyl (C=O) groups excluding carboxylic acids is 2. The summed E-state index contributed by atoms with van der Waals surface area (Å²) in [6.07, 6.45) is 0. The second kappa shape index (κ2) is 7.29. The standard InChI is InChI=1S/C18H13BrClNO4/c1-24-12-4-2-3-10(7-12)15(22)9-25-18(23)17-16(20)13-8-11(19)5-6-14(13)21-17/h2-8,21H,9H2,1H3. The van der Waals surface area contributed by atoms with Crippen molar-refractivity contribution in [1.82, 2.24) is 4.98 Å². The summed E-state index contributed by atoms with van der Waals surface area (Å²) < 4.78 is 11.0. The summed E-state index contributed by atoms with van der Waals surface area (Å²) >= 11 is 9.60. The van der Waals surface area contributed by atoms with Crippen molar-refractivity contribution in [2.24, 2.45) is 0 Å². The highest BCUT2D eigenvalue weighted by Gasteiger charge is 2.19. The lowest BCUT2D eigenvalue weighted by Gasteiger charge is -2.05. The minimum atomic E-state index is -0.687. The summed E-state index contributed by atoms with van der Waals surface area (Å²) in [6, 6.07) is 12.1. The Hall–Kier alpha value is -2.31. The largest absolute Gasteiger partial charge is 0.497 e. The highest BCUT2D eigenvalue weighted by molar-refractivity contribution is 9.10. The number of hydrogen-bond acceptors (Lipinski definition) is 4. The maximum Gasteiger partial charge on any atom is 0.356 e. The third-order valence-electron chi connectivity index (χ3n) is 3.63. The van der Waals surface area contributed by atoms with Gasteiger partial charge in [0, 0.05) is 20.9 Å². The lowest BCUT2D eigenvalue weighted by atomic mass is 10.1. The quantitative estimate of drug-likeness (QED) is 0.481. The Bertz CT molecular complexity index is 967. The molecule has 0 spiro atoms. The molecule has 0 aliphatic carbocycles. The Morgan fingerprint density at radius 1 is 1.20 bits per heavy atom. The van der Waals surface area contributed by atoms with E-state index in [4.69, 9.17) is 21.1 Å². The third kappa shape index (κ3) is 3.70. The van der Waals surface area contributed by atoms with E-state index >= 15 is 0 Å². The smallest absolute Gasteiger partial charge is 0.356 e. The summed E-state index contributed by atoms with van der Waals surface area (Å²) in [7, 11) is 1.51. The average molecular weight is 423 g/mol. The monoisotopic (exact) mass is 421 g/mol. The second-order valence-electron chi connectivity index (χ2n) is 5.24. The van der Waals surface area contributed by atoms with Gasteiger partial charge < -0.3 is 14.5 Å². The van der Waals surface area contributed by atoms with Crippen LogP contribution in [0.1, 0.15) is 20.8 Å². The van der Waals surface area contributed by atoms with Gasteiger partial charge in [0.05, 0.1) is 12.1 Å². The molecule has 128 valence electrons. The second-order valence-corrected chi connectivity index (χ2v) is 6.53. The zero-order valence-corrected chi connectivity index (χ0v) is 15.5. The van der Waals surface area contributed by atoms with Gasteiger partial charge in [-0.25, -0.2) is 4.79 Å². The zero-order chi connectivity index (χ0) is 18.0. The van der Waals surface area contributed by atoms with Gasteiger partial charge in [-0.2, -0.15) is 0 Å². The summed E-state index contributed by atoms with van der Waals surface area (Å²) in [5.41, 5.74) is 1.23. The third-order valence-corrected chi connectivity index (χ3v) is 4.51. The van der Waals surface area contributed by atoms with E-state index < -0.39 is 5.97 Å². The lowest BCUT2D eigenvalue weighted by Crippen LogP contribution is -2.14. The van der Waals surface area contributed by atoms with Gasteiger partial charge in [-0.05, 0) is 30.3 Å². The Morgan fingerprint density at radius 3 is 2.76 bits per heavy atom. The molecule has 2 aromatic carbocycles. The molecule has 0 atom stereocenters. The van der Waals surface area contributed by atoms with Gasteiger partial charge in [-0.15, -0.1) is 0 Å². The average Bonchev–Trinajstić information content (AvgIpc) is 2.95. The molecule has 0 aliphatic rings. The molecule has 1 heterocycles. The number of benzene rings is 2. The topological polar surface area (TPSA) is 68.4 Å². The number of esters is 1. The van der Waals surface area contributed by atoms with E-state index in [9.17, 15) is 9.59 Å². The minimum absolute atomic E-state index is 0.119. The van der Waals surface area contributed by atoms with Crippen molar-refractivity contribution >= 4 is 50.2 Å². The summed E-state index contributed by atoms with van der Waals surface area (Å²) in [6.45, 7) is -0.388. The van der Waals surface area contributed by atoms with Crippen LogP contribution in [0.3, 0.4) is 0 Å². The number of Topliss-reactive ketones (excluding diaryl/α,β-unsaturated/α-hetero) is 1. The van der Waals surface area contributed by atoms with Crippen LogP contribution in [0.15, 0.2) is 46.9 Å². The van der Waals surface area contributed by atoms with E-state index in [2.05, 4.69) is 20.9 Å². The van der Waals surface area contributed by atoms with Crippen LogP contribution in [0.4, 0.5) is 0 Å². The van der Waals surface area contributed by atoms with Gasteiger partial charge >= 0.3 is 5.97 Å². The fourth-order valence-corrected chi connectivity index (χ4v) is 3.00. The molecule has 0 unspecified atom stereocenters. The molecule has 0 bridgehead atoms. The number of carbonyl (C=O) groups is 2. The number of ketones is 1. The number of aromatic amines is 1. The highest BCUT2D eigenvalue weighted by Crippen LogP contribution is 2.30. The van der Waals surface area contributed by atoms with Crippen LogP contribution in [0.25, 0.3) is 10.9 Å².